The van der Waals surface area contributed by atoms with E-state index >= 15 is 0 Å². The van der Waals surface area contributed by atoms with Crippen molar-refractivity contribution in [3.05, 3.63) is 34.7 Å². The van der Waals surface area contributed by atoms with Crippen LogP contribution in [0.2, 0.25) is 0 Å². The summed E-state index contributed by atoms with van der Waals surface area (Å²) in [5.74, 6) is 0. The molecule has 0 radical (unpaired) electrons. The second-order valence-electron chi connectivity index (χ2n) is 3.47. The molecule has 2 aromatic rings. The van der Waals surface area contributed by atoms with Crippen molar-refractivity contribution < 1.29 is 5.11 Å². The fourth-order valence-electron chi connectivity index (χ4n) is 1.70. The first kappa shape index (κ1) is 9.69. The topological polar surface area (TPSA) is 20.2 Å². The molecule has 1 nitrogen and oxygen atoms in total. The van der Waals surface area contributed by atoms with Crippen molar-refractivity contribution in [2.45, 2.75) is 19.8 Å². The van der Waals surface area contributed by atoms with Gasteiger partial charge in [0.05, 0.1) is 0 Å². The van der Waals surface area contributed by atoms with E-state index in [0.29, 0.717) is 0 Å². The molecule has 1 aromatic carbocycles. The van der Waals surface area contributed by atoms with Gasteiger partial charge in [0, 0.05) is 16.2 Å². The molecule has 0 aliphatic rings. The molecular formula is C12H14OS. The predicted octanol–water partition coefficient (Wildman–Crippen LogP) is 3.13. The molecule has 0 aliphatic heterocycles. The summed E-state index contributed by atoms with van der Waals surface area (Å²) in [6, 6.07) is 8.49. The highest BCUT2D eigenvalue weighted by molar-refractivity contribution is 7.19. The quantitative estimate of drug-likeness (QED) is 0.818. The molecule has 74 valence electrons. The molecule has 14 heavy (non-hydrogen) atoms. The van der Waals surface area contributed by atoms with E-state index in [1.54, 1.807) is 0 Å². The molecular weight excluding hydrogens is 192 g/mol. The van der Waals surface area contributed by atoms with Crippen molar-refractivity contribution in [3.63, 3.8) is 0 Å². The van der Waals surface area contributed by atoms with E-state index in [2.05, 4.69) is 31.2 Å². The summed E-state index contributed by atoms with van der Waals surface area (Å²) in [6.45, 7) is 2.46. The smallest absolute Gasteiger partial charge is 0.0434 e. The first-order chi connectivity index (χ1) is 6.83. The molecule has 0 bridgehead atoms. The molecule has 1 heterocycles. The molecule has 0 unspecified atom stereocenters. The van der Waals surface area contributed by atoms with Crippen LogP contribution >= 0.6 is 11.3 Å². The molecule has 1 aromatic heterocycles. The highest BCUT2D eigenvalue weighted by atomic mass is 32.1. The first-order valence-corrected chi connectivity index (χ1v) is 5.72. The van der Waals surface area contributed by atoms with E-state index in [4.69, 9.17) is 5.11 Å². The molecule has 0 fully saturated rings. The molecule has 2 heteroatoms. The number of fused-ring (bicyclic) bond motifs is 1. The van der Waals surface area contributed by atoms with Gasteiger partial charge < -0.3 is 5.11 Å². The van der Waals surface area contributed by atoms with Gasteiger partial charge in [-0.2, -0.15) is 0 Å². The second kappa shape index (κ2) is 4.11. The molecule has 0 spiro atoms. The third kappa shape index (κ3) is 1.68. The minimum absolute atomic E-state index is 0.285. The predicted molar refractivity (Wildman–Crippen MR) is 62.0 cm³/mol. The summed E-state index contributed by atoms with van der Waals surface area (Å²) in [7, 11) is 0. The number of thiophene rings is 1. The number of aliphatic hydroxyl groups is 1. The zero-order chi connectivity index (χ0) is 9.97. The zero-order valence-electron chi connectivity index (χ0n) is 8.29. The Bertz CT molecular complexity index is 431. The Morgan fingerprint density at radius 2 is 2.07 bits per heavy atom. The zero-order valence-corrected chi connectivity index (χ0v) is 9.10. The van der Waals surface area contributed by atoms with Crippen molar-refractivity contribution >= 4 is 21.4 Å². The molecule has 0 saturated carbocycles. The van der Waals surface area contributed by atoms with Gasteiger partial charge in [-0.15, -0.1) is 11.3 Å². The molecule has 0 amide bonds. The summed E-state index contributed by atoms with van der Waals surface area (Å²) < 4.78 is 1.36. The van der Waals surface area contributed by atoms with E-state index < -0.39 is 0 Å². The third-order valence-corrected chi connectivity index (χ3v) is 3.84. The number of aryl methyl sites for hydroxylation is 2. The lowest BCUT2D eigenvalue weighted by Gasteiger charge is -1.96. The Balaban J connectivity index is 2.41. The number of hydrogen-bond donors (Lipinski definition) is 1. The SMILES string of the molecule is Cc1c(CCCO)sc2ccccc12. The Hall–Kier alpha value is -0.860. The van der Waals surface area contributed by atoms with Gasteiger partial charge in [0.15, 0.2) is 0 Å². The lowest BCUT2D eigenvalue weighted by atomic mass is 10.1. The highest BCUT2D eigenvalue weighted by Crippen LogP contribution is 2.31. The van der Waals surface area contributed by atoms with Gasteiger partial charge in [0.1, 0.15) is 0 Å². The van der Waals surface area contributed by atoms with Gasteiger partial charge in [0.25, 0.3) is 0 Å². The summed E-state index contributed by atoms with van der Waals surface area (Å²) in [5.41, 5.74) is 1.39. The average molecular weight is 206 g/mol. The highest BCUT2D eigenvalue weighted by Gasteiger charge is 2.06. The van der Waals surface area contributed by atoms with E-state index in [9.17, 15) is 0 Å². The maximum atomic E-state index is 8.80. The van der Waals surface area contributed by atoms with Crippen LogP contribution < -0.4 is 0 Å². The Labute approximate surface area is 88.0 Å². The Morgan fingerprint density at radius 1 is 1.29 bits per heavy atom. The summed E-state index contributed by atoms with van der Waals surface area (Å²) in [6.07, 6.45) is 1.87. The minimum atomic E-state index is 0.285. The van der Waals surface area contributed by atoms with Crippen molar-refractivity contribution in [1.29, 1.82) is 0 Å². The van der Waals surface area contributed by atoms with Gasteiger partial charge in [-0.3, -0.25) is 0 Å². The number of hydrogen-bond acceptors (Lipinski definition) is 2. The third-order valence-electron chi connectivity index (χ3n) is 2.50. The van der Waals surface area contributed by atoms with Crippen LogP contribution in [0, 0.1) is 6.92 Å². The van der Waals surface area contributed by atoms with Crippen LogP contribution in [0.25, 0.3) is 10.1 Å². The van der Waals surface area contributed by atoms with Crippen LogP contribution in [-0.2, 0) is 6.42 Å². The van der Waals surface area contributed by atoms with Gasteiger partial charge in [0.2, 0.25) is 0 Å². The fraction of sp³-hybridized carbons (Fsp3) is 0.333. The molecule has 0 atom stereocenters. The maximum Gasteiger partial charge on any atom is 0.0434 e. The van der Waals surface area contributed by atoms with Crippen LogP contribution in [-0.4, -0.2) is 11.7 Å². The monoisotopic (exact) mass is 206 g/mol. The second-order valence-corrected chi connectivity index (χ2v) is 4.61. The van der Waals surface area contributed by atoms with Gasteiger partial charge in [-0.1, -0.05) is 18.2 Å². The van der Waals surface area contributed by atoms with Crippen LogP contribution in [0.4, 0.5) is 0 Å². The standard InChI is InChI=1S/C12H14OS/c1-9-10-5-2-3-6-12(10)14-11(9)7-4-8-13/h2-3,5-6,13H,4,7-8H2,1H3. The average Bonchev–Trinajstić information content (AvgIpc) is 2.54. The van der Waals surface area contributed by atoms with E-state index in [1.807, 2.05) is 11.3 Å². The van der Waals surface area contributed by atoms with Crippen LogP contribution in [0.3, 0.4) is 0 Å². The number of benzene rings is 1. The van der Waals surface area contributed by atoms with Crippen LogP contribution in [0.5, 0.6) is 0 Å². The van der Waals surface area contributed by atoms with Gasteiger partial charge in [-0.25, -0.2) is 0 Å². The van der Waals surface area contributed by atoms with Crippen molar-refractivity contribution in [1.82, 2.24) is 0 Å². The maximum absolute atomic E-state index is 8.80. The molecule has 0 saturated heterocycles. The lowest BCUT2D eigenvalue weighted by Crippen LogP contribution is -1.87. The number of rotatable bonds is 3. The van der Waals surface area contributed by atoms with E-state index in [1.165, 1.54) is 20.5 Å². The molecule has 2 rings (SSSR count). The summed E-state index contributed by atoms with van der Waals surface area (Å²) in [5, 5.41) is 10.2. The van der Waals surface area contributed by atoms with Gasteiger partial charge >= 0.3 is 0 Å². The fourth-order valence-corrected chi connectivity index (χ4v) is 2.96. The Morgan fingerprint density at radius 3 is 2.79 bits per heavy atom. The molecule has 0 aliphatic carbocycles. The molecule has 1 N–H and O–H groups in total. The number of aliphatic hydroxyl groups excluding tert-OH is 1. The lowest BCUT2D eigenvalue weighted by molar-refractivity contribution is 0.289. The summed E-state index contributed by atoms with van der Waals surface area (Å²) >= 11 is 1.85. The Kier molecular flexibility index (Phi) is 2.85. The first-order valence-electron chi connectivity index (χ1n) is 4.91. The van der Waals surface area contributed by atoms with Crippen molar-refractivity contribution in [2.75, 3.05) is 6.61 Å². The van der Waals surface area contributed by atoms with Crippen LogP contribution in [0.15, 0.2) is 24.3 Å². The normalized spacial score (nSPS) is 11.0. The van der Waals surface area contributed by atoms with Crippen LogP contribution in [0.1, 0.15) is 16.9 Å². The summed E-state index contributed by atoms with van der Waals surface area (Å²) in [4.78, 5) is 1.42. The van der Waals surface area contributed by atoms with E-state index in [0.717, 1.165) is 12.8 Å². The largest absolute Gasteiger partial charge is 0.396 e. The van der Waals surface area contributed by atoms with E-state index in [-0.39, 0.29) is 6.61 Å². The van der Waals surface area contributed by atoms with Gasteiger partial charge in [-0.05, 0) is 36.8 Å². The van der Waals surface area contributed by atoms with Crippen molar-refractivity contribution in [3.8, 4) is 0 Å². The minimum Gasteiger partial charge on any atom is -0.396 e. The van der Waals surface area contributed by atoms with Crippen molar-refractivity contribution in [2.24, 2.45) is 0 Å².